The summed E-state index contributed by atoms with van der Waals surface area (Å²) < 4.78 is 30.7. The maximum absolute atomic E-state index is 13.3. The number of ketones is 1. The van der Waals surface area contributed by atoms with Gasteiger partial charge in [-0.05, 0) is 56.0 Å². The van der Waals surface area contributed by atoms with Crippen LogP contribution in [-0.2, 0) is 27.4 Å². The first kappa shape index (κ1) is 26.8. The summed E-state index contributed by atoms with van der Waals surface area (Å²) in [6.07, 6.45) is -4.59. The van der Waals surface area contributed by atoms with E-state index in [1.165, 1.54) is 23.1 Å². The lowest BCUT2D eigenvalue weighted by atomic mass is 9.91. The Morgan fingerprint density at radius 3 is 2.17 bits per heavy atom. The SMILES string of the molecule is CC(C)(C)OC(=O)Nc1ccc(C(CCC(F)F)C(=O)O)cc1C(=O)C(=O)N1Cc2ccccc2C1. The molecule has 10 heteroatoms. The number of nitrogens with zero attached hydrogens (tertiary/aromatic N) is 1. The van der Waals surface area contributed by atoms with Crippen LogP contribution in [0.5, 0.6) is 0 Å². The van der Waals surface area contributed by atoms with E-state index in [4.69, 9.17) is 4.74 Å². The fraction of sp³-hybridized carbons (Fsp3) is 0.385. The number of anilines is 1. The number of carbonyl (C=O) groups is 4. The number of carboxylic acids is 1. The van der Waals surface area contributed by atoms with Crippen molar-refractivity contribution in [2.45, 2.75) is 64.6 Å². The predicted molar refractivity (Wildman–Crippen MR) is 127 cm³/mol. The van der Waals surface area contributed by atoms with Crippen LogP contribution in [0.2, 0.25) is 0 Å². The predicted octanol–water partition coefficient (Wildman–Crippen LogP) is 4.97. The molecule has 0 aromatic heterocycles. The third-order valence-electron chi connectivity index (χ3n) is 5.62. The van der Waals surface area contributed by atoms with Gasteiger partial charge in [-0.25, -0.2) is 13.6 Å². The summed E-state index contributed by atoms with van der Waals surface area (Å²) in [4.78, 5) is 52.0. The molecule has 1 heterocycles. The quantitative estimate of drug-likeness (QED) is 0.389. The first-order valence-electron chi connectivity index (χ1n) is 11.4. The first-order chi connectivity index (χ1) is 16.9. The van der Waals surface area contributed by atoms with E-state index in [9.17, 15) is 33.1 Å². The normalized spacial score (nSPS) is 13.8. The molecule has 3 rings (SSSR count). The maximum atomic E-state index is 13.3. The van der Waals surface area contributed by atoms with Crippen LogP contribution in [0.15, 0.2) is 42.5 Å². The van der Waals surface area contributed by atoms with Crippen molar-refractivity contribution in [3.8, 4) is 0 Å². The van der Waals surface area contributed by atoms with Crippen molar-refractivity contribution >= 4 is 29.4 Å². The Morgan fingerprint density at radius 1 is 1.03 bits per heavy atom. The van der Waals surface area contributed by atoms with Crippen LogP contribution in [0.3, 0.4) is 0 Å². The smallest absolute Gasteiger partial charge is 0.412 e. The van der Waals surface area contributed by atoms with E-state index in [1.54, 1.807) is 20.8 Å². The van der Waals surface area contributed by atoms with E-state index in [1.807, 2.05) is 24.3 Å². The van der Waals surface area contributed by atoms with Crippen molar-refractivity contribution in [2.75, 3.05) is 5.32 Å². The van der Waals surface area contributed by atoms with Crippen LogP contribution in [0.4, 0.5) is 19.3 Å². The highest BCUT2D eigenvalue weighted by Gasteiger charge is 2.32. The van der Waals surface area contributed by atoms with Crippen LogP contribution >= 0.6 is 0 Å². The highest BCUT2D eigenvalue weighted by molar-refractivity contribution is 6.44. The van der Waals surface area contributed by atoms with Gasteiger partial charge in [0.05, 0.1) is 17.2 Å². The molecule has 1 aliphatic heterocycles. The van der Waals surface area contributed by atoms with E-state index in [-0.39, 0.29) is 36.3 Å². The summed E-state index contributed by atoms with van der Waals surface area (Å²) in [5, 5.41) is 12.0. The van der Waals surface area contributed by atoms with Gasteiger partial charge in [-0.15, -0.1) is 0 Å². The lowest BCUT2D eigenvalue weighted by Gasteiger charge is -2.21. The Kier molecular flexibility index (Phi) is 8.07. The number of Topliss-reactive ketones (excluding diaryl/α,β-unsaturated/α-hetero) is 1. The van der Waals surface area contributed by atoms with Gasteiger partial charge in [-0.1, -0.05) is 30.3 Å². The van der Waals surface area contributed by atoms with Crippen molar-refractivity contribution in [1.29, 1.82) is 0 Å². The zero-order valence-corrected chi connectivity index (χ0v) is 20.2. The fourth-order valence-corrected chi connectivity index (χ4v) is 3.95. The molecule has 8 nitrogen and oxygen atoms in total. The molecule has 2 N–H and O–H groups in total. The third-order valence-corrected chi connectivity index (χ3v) is 5.62. The number of alkyl halides is 2. The molecule has 0 fully saturated rings. The molecule has 36 heavy (non-hydrogen) atoms. The van der Waals surface area contributed by atoms with Crippen LogP contribution in [0.1, 0.15) is 66.6 Å². The summed E-state index contributed by atoms with van der Waals surface area (Å²) in [6.45, 7) is 5.40. The molecule has 2 amide bonds. The molecule has 0 saturated heterocycles. The minimum atomic E-state index is -2.69. The monoisotopic (exact) mass is 502 g/mol. The van der Waals surface area contributed by atoms with E-state index in [0.29, 0.717) is 0 Å². The number of hydrogen-bond acceptors (Lipinski definition) is 5. The Hall–Kier alpha value is -3.82. The number of nitrogens with one attached hydrogen (secondary N) is 1. The van der Waals surface area contributed by atoms with Crippen molar-refractivity contribution in [3.05, 3.63) is 64.7 Å². The summed E-state index contributed by atoms with van der Waals surface area (Å²) in [6, 6.07) is 11.1. The van der Waals surface area contributed by atoms with Crippen LogP contribution in [0.25, 0.3) is 0 Å². The molecule has 0 radical (unpaired) electrons. The number of carboxylic acid groups (broad SMARTS) is 1. The van der Waals surface area contributed by atoms with Gasteiger partial charge in [0.2, 0.25) is 6.43 Å². The molecule has 0 aliphatic carbocycles. The van der Waals surface area contributed by atoms with E-state index >= 15 is 0 Å². The van der Waals surface area contributed by atoms with E-state index in [0.717, 1.165) is 11.1 Å². The standard InChI is InChI=1S/C26H28F2N2O6/c1-26(2,3)36-25(35)29-20-10-8-15(18(24(33)34)9-11-21(27)28)12-19(20)22(31)23(32)30-13-16-6-4-5-7-17(16)14-30/h4-8,10,12,18,21H,9,11,13-14H2,1-3H3,(H,29,35)(H,33,34). The molecule has 2 aromatic carbocycles. The molecule has 1 aliphatic rings. The zero-order chi connectivity index (χ0) is 26.6. The average Bonchev–Trinajstić information content (AvgIpc) is 3.21. The number of fused-ring (bicyclic) bond motifs is 1. The zero-order valence-electron chi connectivity index (χ0n) is 20.2. The average molecular weight is 503 g/mol. The summed E-state index contributed by atoms with van der Waals surface area (Å²) in [7, 11) is 0. The second-order valence-electron chi connectivity index (χ2n) is 9.55. The first-order valence-corrected chi connectivity index (χ1v) is 11.4. The van der Waals surface area contributed by atoms with Crippen LogP contribution in [-0.4, -0.2) is 45.8 Å². The lowest BCUT2D eigenvalue weighted by molar-refractivity contribution is -0.139. The number of halogens is 2. The molecular weight excluding hydrogens is 474 g/mol. The largest absolute Gasteiger partial charge is 0.481 e. The summed E-state index contributed by atoms with van der Waals surface area (Å²) in [5.41, 5.74) is 0.729. The van der Waals surface area contributed by atoms with Gasteiger partial charge in [-0.2, -0.15) is 0 Å². The number of benzene rings is 2. The Bertz CT molecular complexity index is 1150. The number of carbonyl (C=O) groups excluding carboxylic acids is 3. The summed E-state index contributed by atoms with van der Waals surface area (Å²) in [5.74, 6) is -4.47. The molecular formula is C26H28F2N2O6. The van der Waals surface area contributed by atoms with Crippen molar-refractivity contribution in [3.63, 3.8) is 0 Å². The molecule has 192 valence electrons. The van der Waals surface area contributed by atoms with Gasteiger partial charge in [0.15, 0.2) is 0 Å². The Balaban J connectivity index is 1.94. The van der Waals surface area contributed by atoms with Crippen LogP contribution < -0.4 is 5.32 Å². The van der Waals surface area contributed by atoms with Gasteiger partial charge in [0.25, 0.3) is 11.7 Å². The number of hydrogen-bond donors (Lipinski definition) is 2. The fourth-order valence-electron chi connectivity index (χ4n) is 3.95. The Morgan fingerprint density at radius 2 is 1.64 bits per heavy atom. The maximum Gasteiger partial charge on any atom is 0.412 e. The molecule has 1 unspecified atom stereocenters. The van der Waals surface area contributed by atoms with Crippen LogP contribution in [0, 0.1) is 0 Å². The van der Waals surface area contributed by atoms with Gasteiger partial charge >= 0.3 is 12.1 Å². The van der Waals surface area contributed by atoms with Gasteiger partial charge in [-0.3, -0.25) is 19.7 Å². The van der Waals surface area contributed by atoms with E-state index < -0.39 is 48.1 Å². The highest BCUT2D eigenvalue weighted by atomic mass is 19.3. The second kappa shape index (κ2) is 10.8. The number of ether oxygens (including phenoxy) is 1. The third kappa shape index (κ3) is 6.65. The lowest BCUT2D eigenvalue weighted by Crippen LogP contribution is -2.33. The van der Waals surface area contributed by atoms with Gasteiger partial charge in [0, 0.05) is 19.5 Å². The minimum Gasteiger partial charge on any atom is -0.481 e. The van der Waals surface area contributed by atoms with Crippen molar-refractivity contribution in [2.24, 2.45) is 0 Å². The van der Waals surface area contributed by atoms with Gasteiger partial charge in [0.1, 0.15) is 5.60 Å². The summed E-state index contributed by atoms with van der Waals surface area (Å²) >= 11 is 0. The molecule has 0 spiro atoms. The number of aliphatic carboxylic acids is 1. The molecule has 2 aromatic rings. The van der Waals surface area contributed by atoms with E-state index in [2.05, 4.69) is 5.32 Å². The molecule has 1 atom stereocenters. The minimum absolute atomic E-state index is 0.0546. The van der Waals surface area contributed by atoms with Gasteiger partial charge < -0.3 is 14.7 Å². The number of rotatable bonds is 8. The molecule has 0 bridgehead atoms. The highest BCUT2D eigenvalue weighted by Crippen LogP contribution is 2.30. The second-order valence-corrected chi connectivity index (χ2v) is 9.55. The Labute approximate surface area is 207 Å². The molecule has 0 saturated carbocycles. The topological polar surface area (TPSA) is 113 Å². The van der Waals surface area contributed by atoms with Crippen molar-refractivity contribution < 1.29 is 37.8 Å². The number of amides is 2. The van der Waals surface area contributed by atoms with Crippen molar-refractivity contribution in [1.82, 2.24) is 4.90 Å².